The van der Waals surface area contributed by atoms with Crippen molar-refractivity contribution in [2.75, 3.05) is 13.7 Å². The number of benzene rings is 1. The highest BCUT2D eigenvalue weighted by Crippen LogP contribution is 2.52. The second kappa shape index (κ2) is 5.29. The number of carbonyl (C=O) groups excluding carboxylic acids is 2. The molecule has 4 rings (SSSR count). The van der Waals surface area contributed by atoms with Gasteiger partial charge in [0.05, 0.1) is 32.2 Å². The average Bonchev–Trinajstić information content (AvgIpc) is 3.19. The molecule has 1 spiro atoms. The van der Waals surface area contributed by atoms with Gasteiger partial charge in [-0.15, -0.1) is 0 Å². The molecule has 0 unspecified atom stereocenters. The summed E-state index contributed by atoms with van der Waals surface area (Å²) >= 11 is 6.06. The van der Waals surface area contributed by atoms with Crippen molar-refractivity contribution in [2.24, 2.45) is 11.8 Å². The molecule has 3 heterocycles. The van der Waals surface area contributed by atoms with Crippen LogP contribution in [0.25, 0.3) is 0 Å². The number of amides is 1. The summed E-state index contributed by atoms with van der Waals surface area (Å²) in [6, 6.07) is 4.40. The fraction of sp³-hybridized carbons (Fsp3) is 0.412. The lowest BCUT2D eigenvalue weighted by atomic mass is 9.77. The smallest absolute Gasteiger partial charge is 0.312 e. The van der Waals surface area contributed by atoms with Crippen LogP contribution in [0, 0.1) is 17.7 Å². The Balaban J connectivity index is 1.65. The summed E-state index contributed by atoms with van der Waals surface area (Å²) in [6.07, 6.45) is 3.19. The number of hydrogen-bond donors (Lipinski definition) is 0. The van der Waals surface area contributed by atoms with Gasteiger partial charge in [-0.1, -0.05) is 29.8 Å². The van der Waals surface area contributed by atoms with Crippen LogP contribution in [0.5, 0.6) is 0 Å². The topological polar surface area (TPSA) is 55.8 Å². The number of hydrogen-bond acceptors (Lipinski definition) is 4. The minimum Gasteiger partial charge on any atom is -0.469 e. The van der Waals surface area contributed by atoms with Crippen LogP contribution in [0.2, 0.25) is 5.02 Å². The number of carbonyl (C=O) groups is 2. The van der Waals surface area contributed by atoms with Crippen LogP contribution in [0.1, 0.15) is 5.56 Å². The van der Waals surface area contributed by atoms with Gasteiger partial charge in [0.1, 0.15) is 17.3 Å². The molecular weight excluding hydrogens is 337 g/mol. The van der Waals surface area contributed by atoms with Crippen LogP contribution in [0.4, 0.5) is 4.39 Å². The van der Waals surface area contributed by atoms with Crippen molar-refractivity contribution < 1.29 is 23.5 Å². The van der Waals surface area contributed by atoms with Gasteiger partial charge in [0.15, 0.2) is 0 Å². The maximum atomic E-state index is 14.0. The molecule has 126 valence electrons. The van der Waals surface area contributed by atoms with Gasteiger partial charge in [0.25, 0.3) is 0 Å². The maximum absolute atomic E-state index is 14.0. The molecule has 1 aromatic rings. The fourth-order valence-electron chi connectivity index (χ4n) is 3.99. The monoisotopic (exact) mass is 351 g/mol. The zero-order valence-electron chi connectivity index (χ0n) is 12.9. The number of esters is 1. The quantitative estimate of drug-likeness (QED) is 0.617. The molecule has 5 nitrogen and oxygen atoms in total. The van der Waals surface area contributed by atoms with Gasteiger partial charge in [-0.25, -0.2) is 4.39 Å². The van der Waals surface area contributed by atoms with Gasteiger partial charge in [-0.05, 0) is 12.1 Å². The predicted molar refractivity (Wildman–Crippen MR) is 82.6 cm³/mol. The predicted octanol–water partition coefficient (Wildman–Crippen LogP) is 1.93. The Morgan fingerprint density at radius 2 is 2.33 bits per heavy atom. The molecule has 24 heavy (non-hydrogen) atoms. The van der Waals surface area contributed by atoms with Gasteiger partial charge in [0.2, 0.25) is 5.91 Å². The van der Waals surface area contributed by atoms with Gasteiger partial charge >= 0.3 is 5.97 Å². The lowest BCUT2D eigenvalue weighted by Gasteiger charge is -2.22. The Morgan fingerprint density at radius 1 is 1.54 bits per heavy atom. The number of halogens is 2. The summed E-state index contributed by atoms with van der Waals surface area (Å²) in [5.41, 5.74) is -0.574. The first-order valence-electron chi connectivity index (χ1n) is 7.63. The van der Waals surface area contributed by atoms with Crippen molar-refractivity contribution >= 4 is 23.5 Å². The molecule has 0 N–H and O–H groups in total. The van der Waals surface area contributed by atoms with Gasteiger partial charge < -0.3 is 14.4 Å². The van der Waals surface area contributed by atoms with Crippen molar-refractivity contribution in [1.82, 2.24) is 4.90 Å². The molecule has 2 fully saturated rings. The normalized spacial score (nSPS) is 33.2. The molecule has 0 saturated carbocycles. The van der Waals surface area contributed by atoms with E-state index in [0.29, 0.717) is 0 Å². The van der Waals surface area contributed by atoms with E-state index >= 15 is 0 Å². The Labute approximate surface area is 143 Å². The first kappa shape index (κ1) is 15.6. The van der Waals surface area contributed by atoms with Crippen molar-refractivity contribution in [2.45, 2.75) is 18.2 Å². The van der Waals surface area contributed by atoms with Crippen LogP contribution in [0.3, 0.4) is 0 Å². The molecular formula is C17H15ClFNO4. The molecule has 0 aromatic heterocycles. The third-order valence-electron chi connectivity index (χ3n) is 5.06. The van der Waals surface area contributed by atoms with Crippen LogP contribution in [-0.2, 0) is 25.6 Å². The van der Waals surface area contributed by atoms with E-state index in [9.17, 15) is 14.0 Å². The van der Waals surface area contributed by atoms with Crippen molar-refractivity contribution in [3.8, 4) is 0 Å². The zero-order valence-corrected chi connectivity index (χ0v) is 13.6. The van der Waals surface area contributed by atoms with E-state index in [0.717, 1.165) is 0 Å². The van der Waals surface area contributed by atoms with Crippen LogP contribution >= 0.6 is 11.6 Å². The number of rotatable bonds is 3. The molecule has 0 radical (unpaired) electrons. The van der Waals surface area contributed by atoms with Gasteiger partial charge in [0, 0.05) is 10.6 Å². The fourth-order valence-corrected chi connectivity index (χ4v) is 4.21. The summed E-state index contributed by atoms with van der Waals surface area (Å²) in [7, 11) is 1.29. The Kier molecular flexibility index (Phi) is 3.44. The van der Waals surface area contributed by atoms with Crippen LogP contribution in [0.15, 0.2) is 30.4 Å². The van der Waals surface area contributed by atoms with Crippen molar-refractivity contribution in [3.63, 3.8) is 0 Å². The van der Waals surface area contributed by atoms with Crippen LogP contribution in [-0.4, -0.2) is 42.1 Å². The standard InChI is InChI=1S/C17H15ClFNO4/c1-23-16(22)13-12-5-6-17(24-12)8-20(15(21)14(13)17)7-9-10(18)3-2-4-11(9)19/h2-6,12-14H,7-8H2,1H3/t12-,13+,14+,17+/m1/s1. The average molecular weight is 352 g/mol. The third kappa shape index (κ3) is 2.03. The number of fused-ring (bicyclic) bond motifs is 1. The summed E-state index contributed by atoms with van der Waals surface area (Å²) in [6.45, 7) is 0.306. The number of likely N-dealkylation sites (tertiary alicyclic amines) is 1. The highest BCUT2D eigenvalue weighted by molar-refractivity contribution is 6.31. The van der Waals surface area contributed by atoms with Crippen molar-refractivity contribution in [3.05, 3.63) is 46.8 Å². The lowest BCUT2D eigenvalue weighted by molar-refractivity contribution is -0.151. The van der Waals surface area contributed by atoms with E-state index < -0.39 is 35.3 Å². The Morgan fingerprint density at radius 3 is 3.04 bits per heavy atom. The van der Waals surface area contributed by atoms with Crippen molar-refractivity contribution in [1.29, 1.82) is 0 Å². The number of nitrogens with zero attached hydrogens (tertiary/aromatic N) is 1. The summed E-state index contributed by atoms with van der Waals surface area (Å²) in [5, 5.41) is 0.266. The minimum absolute atomic E-state index is 0.0400. The SMILES string of the molecule is COC(=O)[C@@H]1[C@H]2C(=O)N(Cc3c(F)cccc3Cl)C[C@@]23C=C[C@H]1O3. The Bertz CT molecular complexity index is 747. The first-order chi connectivity index (χ1) is 11.5. The lowest BCUT2D eigenvalue weighted by Crippen LogP contribution is -2.39. The van der Waals surface area contributed by atoms with E-state index in [1.807, 2.05) is 6.08 Å². The molecule has 3 aliphatic heterocycles. The van der Waals surface area contributed by atoms with E-state index in [1.165, 1.54) is 24.1 Å². The first-order valence-corrected chi connectivity index (χ1v) is 8.01. The number of ether oxygens (including phenoxy) is 2. The third-order valence-corrected chi connectivity index (χ3v) is 5.42. The molecule has 2 saturated heterocycles. The highest BCUT2D eigenvalue weighted by atomic mass is 35.5. The van der Waals surface area contributed by atoms with E-state index in [2.05, 4.69) is 0 Å². The largest absolute Gasteiger partial charge is 0.469 e. The van der Waals surface area contributed by atoms with Gasteiger partial charge in [-0.3, -0.25) is 9.59 Å². The number of methoxy groups -OCH3 is 1. The molecule has 0 aliphatic carbocycles. The van der Waals surface area contributed by atoms with E-state index in [4.69, 9.17) is 21.1 Å². The molecule has 7 heteroatoms. The molecule has 1 amide bonds. The summed E-state index contributed by atoms with van der Waals surface area (Å²) in [4.78, 5) is 26.4. The second-order valence-corrected chi connectivity index (χ2v) is 6.72. The van der Waals surface area contributed by atoms with E-state index in [-0.39, 0.29) is 29.6 Å². The second-order valence-electron chi connectivity index (χ2n) is 6.32. The minimum atomic E-state index is -0.835. The molecule has 3 aliphatic rings. The highest BCUT2D eigenvalue weighted by Gasteiger charge is 2.67. The molecule has 4 atom stereocenters. The zero-order chi connectivity index (χ0) is 17.1. The summed E-state index contributed by atoms with van der Waals surface area (Å²) in [5.74, 6) is -2.46. The van der Waals surface area contributed by atoms with Gasteiger partial charge in [-0.2, -0.15) is 0 Å². The molecule has 2 bridgehead atoms. The maximum Gasteiger partial charge on any atom is 0.312 e. The van der Waals surface area contributed by atoms with Crippen LogP contribution < -0.4 is 0 Å². The van der Waals surface area contributed by atoms with E-state index in [1.54, 1.807) is 12.1 Å². The summed E-state index contributed by atoms with van der Waals surface area (Å²) < 4.78 is 24.8. The molecule has 1 aromatic carbocycles. The Hall–Kier alpha value is -1.92.